The standard InChI is InChI=1S/C83H119N21O19S/c1-47(105)71-81(121)100-64(42-54-44-92-57-18-8-7-17-56(54)57)78(118)96-59(26-28-67(87)108)74(114)101-66(46-124-38-30-61(94-49(3)107)75(115)95-60(76(116)103-71)27-29-68(88)109)79(119)97-62(40-50-21-24-55(25-22-50)123-37-34-86)77(117)98-63(41-51-20-23-52-15-5-6-16-53(52)39-51)80(120)104-83(4,31-10-11-32-84)82(122)102-58(19-9-13-35-90-48(2)106)73(113)99-65(72(112)93-45-69(89)110)43-70(111)91-36-14-12-33-85/h5-8,15-18,20-25,39,44,47,58-66,71,92,105H,9-14,19,26-38,40-43,45-46,84-86H2,1-4H3,(H2,87,108)(H2,88,109)(H2,89,110)(H,90,106)(H,91,111)(H,93,112)(H,94,107)(H,95,115)(H,96,118)(H,97,119)(H,98,117)(H,99,113)(H,100,121)(H,101,114)(H,102,122)(H,103,116)(H,104,120)/t47-,58+,59+,60+,61+,62+,63+,64+,65+,66+,71+,83+/m1/s1. The van der Waals surface area contributed by atoms with Gasteiger partial charge in [0, 0.05) is 88.4 Å². The Labute approximate surface area is 721 Å². The first-order valence-corrected chi connectivity index (χ1v) is 42.3. The lowest BCUT2D eigenvalue weighted by atomic mass is 9.91. The number of carbonyl (C=O) groups is 17. The van der Waals surface area contributed by atoms with E-state index in [1.165, 1.54) is 13.8 Å². The number of rotatable bonds is 45. The van der Waals surface area contributed by atoms with Gasteiger partial charge < -0.3 is 124 Å². The maximum atomic E-state index is 15.8. The highest BCUT2D eigenvalue weighted by atomic mass is 32.2. The number of aliphatic hydroxyl groups is 1. The average Bonchev–Trinajstić information content (AvgIpc) is 1.80. The molecule has 0 spiro atoms. The fraction of sp³-hybridized carbons (Fsp3) is 0.506. The zero-order chi connectivity index (χ0) is 91.0. The summed E-state index contributed by atoms with van der Waals surface area (Å²) in [4.78, 5) is 242. The van der Waals surface area contributed by atoms with Crippen molar-refractivity contribution in [2.75, 3.05) is 57.4 Å². The molecule has 0 radical (unpaired) electrons. The number of hydrogen-bond donors (Lipinski definition) is 22. The highest BCUT2D eigenvalue weighted by Gasteiger charge is 2.42. The normalized spacial score (nSPS) is 18.4. The topological polar surface area (TPSA) is 660 Å². The van der Waals surface area contributed by atoms with Crippen LogP contribution in [0.25, 0.3) is 21.7 Å². The van der Waals surface area contributed by atoms with Crippen molar-refractivity contribution in [2.24, 2.45) is 34.4 Å². The SMILES string of the molecule is CC(=O)NCCCC[C@H](NC(=O)[C@](C)(CCCCN)NC(=O)[C@H](Cc1ccc2ccccc2c1)NC(=O)[C@H](Cc1ccc(OCCN)cc1)NC(=O)[C@@H]1CSCC[C@H](NC(C)=O)C(=O)N[C@@H](CCC(N)=O)C(=O)N[C@@H]([C@@H](C)O)C(=O)N[C@@H](Cc2c[nH]c3ccccc23)C(=O)N[C@@H](CCC(N)=O)C(=O)N1)C(=O)N[C@@H](CC(=O)NCCCCN)C(=O)NCC(N)=O. The van der Waals surface area contributed by atoms with E-state index in [0.29, 0.717) is 59.2 Å². The average molecular weight is 1750 g/mol. The Kier molecular flexibility index (Phi) is 41.8. The van der Waals surface area contributed by atoms with E-state index in [2.05, 4.69) is 79.4 Å². The smallest absolute Gasteiger partial charge is 0.246 e. The lowest BCUT2D eigenvalue weighted by Gasteiger charge is -2.34. The van der Waals surface area contributed by atoms with Crippen LogP contribution in [0.15, 0.2) is 97.2 Å². The second kappa shape index (κ2) is 51.6. The predicted molar refractivity (Wildman–Crippen MR) is 460 cm³/mol. The highest BCUT2D eigenvalue weighted by Crippen LogP contribution is 2.24. The van der Waals surface area contributed by atoms with Crippen LogP contribution >= 0.6 is 11.8 Å². The molecule has 5 aromatic rings. The quantitative estimate of drug-likeness (QED) is 0.0164. The Morgan fingerprint density at radius 1 is 0.573 bits per heavy atom. The van der Waals surface area contributed by atoms with Gasteiger partial charge >= 0.3 is 0 Å². The number of nitrogens with two attached hydrogens (primary N) is 6. The lowest BCUT2D eigenvalue weighted by molar-refractivity contribution is -0.138. The van der Waals surface area contributed by atoms with Crippen molar-refractivity contribution in [2.45, 2.75) is 209 Å². The number of fused-ring (bicyclic) bond motifs is 2. The van der Waals surface area contributed by atoms with Crippen LogP contribution in [-0.2, 0) is 101 Å². The van der Waals surface area contributed by atoms with Crippen molar-refractivity contribution in [3.63, 3.8) is 0 Å². The summed E-state index contributed by atoms with van der Waals surface area (Å²) in [6.45, 7) is 5.33. The van der Waals surface area contributed by atoms with Gasteiger partial charge in [-0.25, -0.2) is 0 Å². The molecule has 676 valence electrons. The zero-order valence-electron chi connectivity index (χ0n) is 70.1. The third-order valence-electron chi connectivity index (χ3n) is 20.2. The minimum Gasteiger partial charge on any atom is -0.492 e. The second-order valence-electron chi connectivity index (χ2n) is 30.5. The molecule has 1 aromatic heterocycles. The first-order valence-electron chi connectivity index (χ1n) is 41.2. The van der Waals surface area contributed by atoms with Crippen molar-refractivity contribution in [1.29, 1.82) is 0 Å². The molecule has 6 rings (SSSR count). The molecule has 40 nitrogen and oxygen atoms in total. The summed E-state index contributed by atoms with van der Waals surface area (Å²) in [5, 5.41) is 49.8. The van der Waals surface area contributed by atoms with E-state index in [9.17, 15) is 57.8 Å². The number of ether oxygens (including phenoxy) is 1. The molecule has 1 fully saturated rings. The summed E-state index contributed by atoms with van der Waals surface area (Å²) in [7, 11) is 0. The maximum Gasteiger partial charge on any atom is 0.246 e. The molecule has 1 aliphatic rings. The Hall–Kier alpha value is -12.3. The van der Waals surface area contributed by atoms with E-state index in [4.69, 9.17) is 39.1 Å². The van der Waals surface area contributed by atoms with Gasteiger partial charge in [-0.2, -0.15) is 11.8 Å². The first kappa shape index (κ1) is 100. The minimum atomic E-state index is -2.01. The van der Waals surface area contributed by atoms with Gasteiger partial charge in [0.25, 0.3) is 0 Å². The van der Waals surface area contributed by atoms with Crippen LogP contribution < -0.4 is 114 Å². The van der Waals surface area contributed by atoms with E-state index >= 15 is 28.8 Å². The molecule has 2 heterocycles. The number of H-pyrrole nitrogens is 1. The molecular formula is C83H119N21O19S. The van der Waals surface area contributed by atoms with E-state index < -0.39 is 211 Å². The molecule has 0 bridgehead atoms. The number of benzene rings is 4. The summed E-state index contributed by atoms with van der Waals surface area (Å²) in [5.41, 5.74) is 33.8. The molecule has 12 atom stereocenters. The van der Waals surface area contributed by atoms with Crippen LogP contribution in [0.3, 0.4) is 0 Å². The zero-order valence-corrected chi connectivity index (χ0v) is 71.0. The molecule has 28 N–H and O–H groups in total. The van der Waals surface area contributed by atoms with Crippen molar-refractivity contribution >= 4 is 134 Å². The molecule has 41 heteroatoms. The number of amides is 17. The number of nitrogens with one attached hydrogen (secondary N) is 15. The number of primary amides is 3. The molecule has 4 aromatic carbocycles. The lowest BCUT2D eigenvalue weighted by Crippen LogP contribution is -2.64. The van der Waals surface area contributed by atoms with Crippen LogP contribution in [-0.4, -0.2) is 240 Å². The van der Waals surface area contributed by atoms with Crippen molar-refractivity contribution in [3.05, 3.63) is 114 Å². The molecule has 17 amide bonds. The van der Waals surface area contributed by atoms with Crippen molar-refractivity contribution in [3.8, 4) is 5.75 Å². The van der Waals surface area contributed by atoms with E-state index in [0.717, 1.165) is 36.4 Å². The highest BCUT2D eigenvalue weighted by molar-refractivity contribution is 7.99. The number of para-hydroxylation sites is 1. The fourth-order valence-corrected chi connectivity index (χ4v) is 14.5. The number of carbonyl (C=O) groups excluding carboxylic acids is 17. The minimum absolute atomic E-state index is 0.120. The maximum absolute atomic E-state index is 15.8. The van der Waals surface area contributed by atoms with Gasteiger partial charge in [-0.3, -0.25) is 81.5 Å². The number of aliphatic hydroxyl groups excluding tert-OH is 1. The molecule has 0 aliphatic carbocycles. The molecule has 0 unspecified atom stereocenters. The van der Waals surface area contributed by atoms with Crippen molar-refractivity contribution < 1.29 is 91.4 Å². The molecule has 124 heavy (non-hydrogen) atoms. The van der Waals surface area contributed by atoms with Gasteiger partial charge in [-0.15, -0.1) is 0 Å². The number of aromatic nitrogens is 1. The summed E-state index contributed by atoms with van der Waals surface area (Å²) < 4.78 is 5.75. The number of thioether (sulfide) groups is 1. The Morgan fingerprint density at radius 3 is 1.81 bits per heavy atom. The van der Waals surface area contributed by atoms with E-state index in [1.54, 1.807) is 79.0 Å². The number of aromatic amines is 1. The predicted octanol–water partition coefficient (Wildman–Crippen LogP) is -4.24. The summed E-state index contributed by atoms with van der Waals surface area (Å²) >= 11 is 0.931. The number of unbranched alkanes of at least 4 members (excludes halogenated alkanes) is 3. The molecule has 1 aliphatic heterocycles. The van der Waals surface area contributed by atoms with Gasteiger partial charge in [0.1, 0.15) is 78.3 Å². The number of hydrogen-bond acceptors (Lipinski definition) is 23. The van der Waals surface area contributed by atoms with Gasteiger partial charge in [-0.1, -0.05) is 72.8 Å². The summed E-state index contributed by atoms with van der Waals surface area (Å²) in [6, 6.07) is 8.92. The van der Waals surface area contributed by atoms with Crippen LogP contribution in [0, 0.1) is 0 Å². The van der Waals surface area contributed by atoms with Crippen LogP contribution in [0.5, 0.6) is 5.75 Å². The van der Waals surface area contributed by atoms with Gasteiger partial charge in [0.15, 0.2) is 0 Å². The molecule has 0 saturated carbocycles. The van der Waals surface area contributed by atoms with Gasteiger partial charge in [-0.05, 0) is 149 Å². The fourth-order valence-electron chi connectivity index (χ4n) is 13.4. The van der Waals surface area contributed by atoms with Gasteiger partial charge in [0.2, 0.25) is 100 Å². The first-order chi connectivity index (χ1) is 59.1. The van der Waals surface area contributed by atoms with E-state index in [-0.39, 0.29) is 102 Å². The van der Waals surface area contributed by atoms with Crippen LogP contribution in [0.2, 0.25) is 0 Å². The molecule has 1 saturated heterocycles. The third kappa shape index (κ3) is 34.2. The van der Waals surface area contributed by atoms with Gasteiger partial charge in [0.05, 0.1) is 19.1 Å². The van der Waals surface area contributed by atoms with E-state index in [1.807, 2.05) is 18.2 Å². The summed E-state index contributed by atoms with van der Waals surface area (Å²) in [6.07, 6.45) is -2.47. The molecular weight excluding hydrogens is 1630 g/mol. The van der Waals surface area contributed by atoms with Crippen LogP contribution in [0.1, 0.15) is 134 Å². The largest absolute Gasteiger partial charge is 0.492 e. The Balaban J connectivity index is 1.46. The Morgan fingerprint density at radius 2 is 1.16 bits per heavy atom. The summed E-state index contributed by atoms with van der Waals surface area (Å²) in [5.74, 6) is -16.2. The van der Waals surface area contributed by atoms with Crippen LogP contribution in [0.4, 0.5) is 0 Å². The van der Waals surface area contributed by atoms with Crippen molar-refractivity contribution in [1.82, 2.24) is 79.4 Å². The second-order valence-corrected chi connectivity index (χ2v) is 31.7. The third-order valence-corrected chi connectivity index (χ3v) is 21.3. The monoisotopic (exact) mass is 1750 g/mol. The Bertz CT molecular complexity index is 4530.